The zero-order chi connectivity index (χ0) is 18.7. The van der Waals surface area contributed by atoms with Crippen molar-refractivity contribution in [2.24, 2.45) is 0 Å². The molecule has 0 aliphatic heterocycles. The molecule has 0 aromatic heterocycles. The van der Waals surface area contributed by atoms with Crippen LogP contribution in [-0.2, 0) is 17.6 Å². The molecule has 1 aliphatic rings. The van der Waals surface area contributed by atoms with Crippen molar-refractivity contribution in [2.75, 3.05) is 5.32 Å². The summed E-state index contributed by atoms with van der Waals surface area (Å²) in [7, 11) is 0. The van der Waals surface area contributed by atoms with Crippen LogP contribution in [0.3, 0.4) is 0 Å². The van der Waals surface area contributed by atoms with Gasteiger partial charge in [0.05, 0.1) is 15.6 Å². The van der Waals surface area contributed by atoms with E-state index in [1.54, 1.807) is 6.92 Å². The molecule has 0 heterocycles. The Morgan fingerprint density at radius 1 is 1.27 bits per heavy atom. The molecule has 0 saturated carbocycles. The molecule has 0 unspecified atom stereocenters. The molecular weight excluding hydrogens is 356 g/mol. The van der Waals surface area contributed by atoms with Crippen LogP contribution in [0.5, 0.6) is 5.75 Å². The first kappa shape index (κ1) is 18.2. The molecule has 1 aliphatic carbocycles. The van der Waals surface area contributed by atoms with Gasteiger partial charge in [-0.2, -0.15) is 0 Å². The predicted molar refractivity (Wildman–Crippen MR) is 99.9 cm³/mol. The number of ether oxygens (including phenoxy) is 1. The Kier molecular flexibility index (Phi) is 5.42. The van der Waals surface area contributed by atoms with Crippen LogP contribution < -0.4 is 10.1 Å². The summed E-state index contributed by atoms with van der Waals surface area (Å²) in [6.45, 7) is 1.64. The second kappa shape index (κ2) is 7.74. The zero-order valence-corrected chi connectivity index (χ0v) is 15.1. The van der Waals surface area contributed by atoms with Crippen molar-refractivity contribution < 1.29 is 14.5 Å². The minimum atomic E-state index is -0.765. The molecule has 2 aromatic carbocycles. The van der Waals surface area contributed by atoms with Crippen LogP contribution >= 0.6 is 11.6 Å². The Balaban J connectivity index is 1.73. The molecule has 136 valence electrons. The number of halogens is 1. The summed E-state index contributed by atoms with van der Waals surface area (Å²) < 4.78 is 5.88. The Morgan fingerprint density at radius 2 is 2.04 bits per heavy atom. The summed E-state index contributed by atoms with van der Waals surface area (Å²) in [5, 5.41) is 13.7. The second-order valence-corrected chi connectivity index (χ2v) is 6.68. The molecule has 1 atom stereocenters. The Bertz CT molecular complexity index is 853. The molecule has 6 nitrogen and oxygen atoms in total. The molecule has 0 radical (unpaired) electrons. The number of hydrogen-bond acceptors (Lipinski definition) is 4. The highest BCUT2D eigenvalue weighted by atomic mass is 35.5. The third-order valence-corrected chi connectivity index (χ3v) is 4.77. The van der Waals surface area contributed by atoms with Crippen molar-refractivity contribution in [3.05, 3.63) is 62.7 Å². The lowest BCUT2D eigenvalue weighted by molar-refractivity contribution is -0.384. The highest BCUT2D eigenvalue weighted by molar-refractivity contribution is 6.33. The third kappa shape index (κ3) is 3.96. The van der Waals surface area contributed by atoms with Crippen LogP contribution in [0.2, 0.25) is 5.02 Å². The van der Waals surface area contributed by atoms with E-state index in [2.05, 4.69) is 11.4 Å². The normalized spacial score (nSPS) is 14.2. The standard InChI is InChI=1S/C19H19ClN2O4/c1-12(26-18-8-4-6-13-5-2-3-7-15(13)18)19(23)21-17-11-14(22(24)25)9-10-16(17)20/h4,6,8-12H,2-3,5,7H2,1H3,(H,21,23)/t12-/m1/s1. The number of nitro groups is 1. The highest BCUT2D eigenvalue weighted by Crippen LogP contribution is 2.31. The van der Waals surface area contributed by atoms with Crippen molar-refractivity contribution in [3.63, 3.8) is 0 Å². The van der Waals surface area contributed by atoms with Gasteiger partial charge in [0, 0.05) is 12.1 Å². The van der Waals surface area contributed by atoms with E-state index in [0.717, 1.165) is 37.0 Å². The van der Waals surface area contributed by atoms with Crippen molar-refractivity contribution in [1.82, 2.24) is 0 Å². The fraction of sp³-hybridized carbons (Fsp3) is 0.316. The van der Waals surface area contributed by atoms with Crippen LogP contribution in [0.4, 0.5) is 11.4 Å². The van der Waals surface area contributed by atoms with E-state index >= 15 is 0 Å². The molecule has 2 aromatic rings. The number of carbonyl (C=O) groups excluding carboxylic acids is 1. The highest BCUT2D eigenvalue weighted by Gasteiger charge is 2.21. The van der Waals surface area contributed by atoms with Gasteiger partial charge in [0.25, 0.3) is 11.6 Å². The lowest BCUT2D eigenvalue weighted by Gasteiger charge is -2.22. The lowest BCUT2D eigenvalue weighted by Crippen LogP contribution is -2.30. The molecule has 0 saturated heterocycles. The molecule has 1 amide bonds. The molecule has 3 rings (SSSR count). The van der Waals surface area contributed by atoms with Gasteiger partial charge < -0.3 is 10.1 Å². The molecule has 26 heavy (non-hydrogen) atoms. The average molecular weight is 375 g/mol. The number of rotatable bonds is 5. The first-order chi connectivity index (χ1) is 12.5. The van der Waals surface area contributed by atoms with Crippen LogP contribution in [0.15, 0.2) is 36.4 Å². The van der Waals surface area contributed by atoms with Gasteiger partial charge in [-0.25, -0.2) is 0 Å². The van der Waals surface area contributed by atoms with E-state index in [9.17, 15) is 14.9 Å². The molecule has 0 fully saturated rings. The van der Waals surface area contributed by atoms with Gasteiger partial charge in [-0.05, 0) is 55.9 Å². The van der Waals surface area contributed by atoms with Crippen molar-refractivity contribution >= 4 is 28.9 Å². The number of carbonyl (C=O) groups is 1. The quantitative estimate of drug-likeness (QED) is 0.615. The molecule has 1 N–H and O–H groups in total. The summed E-state index contributed by atoms with van der Waals surface area (Å²) in [5.41, 5.74) is 2.47. The maximum atomic E-state index is 12.5. The van der Waals surface area contributed by atoms with Gasteiger partial charge >= 0.3 is 0 Å². The Morgan fingerprint density at radius 3 is 2.81 bits per heavy atom. The number of nitrogens with zero attached hydrogens (tertiary/aromatic N) is 1. The predicted octanol–water partition coefficient (Wildman–Crippen LogP) is 4.53. The Hall–Kier alpha value is -2.60. The van der Waals surface area contributed by atoms with E-state index in [1.165, 1.54) is 23.8 Å². The molecule has 7 heteroatoms. The number of fused-ring (bicyclic) bond motifs is 1. The fourth-order valence-corrected chi connectivity index (χ4v) is 3.22. The summed E-state index contributed by atoms with van der Waals surface area (Å²) in [6.07, 6.45) is 3.47. The van der Waals surface area contributed by atoms with Gasteiger partial charge in [0.15, 0.2) is 6.10 Å². The van der Waals surface area contributed by atoms with Crippen molar-refractivity contribution in [3.8, 4) is 5.75 Å². The molecular formula is C19H19ClN2O4. The second-order valence-electron chi connectivity index (χ2n) is 6.27. The number of amides is 1. The molecule has 0 spiro atoms. The first-order valence-electron chi connectivity index (χ1n) is 8.48. The lowest BCUT2D eigenvalue weighted by atomic mass is 9.91. The summed E-state index contributed by atoms with van der Waals surface area (Å²) in [6, 6.07) is 9.80. The van der Waals surface area contributed by atoms with E-state index in [1.807, 2.05) is 12.1 Å². The van der Waals surface area contributed by atoms with Crippen LogP contribution in [0.1, 0.15) is 30.9 Å². The summed E-state index contributed by atoms with van der Waals surface area (Å²) in [4.78, 5) is 22.8. The van der Waals surface area contributed by atoms with E-state index in [-0.39, 0.29) is 16.4 Å². The van der Waals surface area contributed by atoms with Crippen molar-refractivity contribution in [1.29, 1.82) is 0 Å². The number of anilines is 1. The van der Waals surface area contributed by atoms with Crippen LogP contribution in [0.25, 0.3) is 0 Å². The fourth-order valence-electron chi connectivity index (χ4n) is 3.06. The van der Waals surface area contributed by atoms with Crippen LogP contribution in [-0.4, -0.2) is 16.9 Å². The SMILES string of the molecule is C[C@@H](Oc1cccc2c1CCCC2)C(=O)Nc1cc([N+](=O)[O-])ccc1Cl. The number of benzene rings is 2. The van der Waals surface area contributed by atoms with E-state index in [4.69, 9.17) is 16.3 Å². The van der Waals surface area contributed by atoms with Gasteiger partial charge in [-0.3, -0.25) is 14.9 Å². The summed E-state index contributed by atoms with van der Waals surface area (Å²) >= 11 is 6.03. The molecule has 0 bridgehead atoms. The summed E-state index contributed by atoms with van der Waals surface area (Å²) in [5.74, 6) is 0.302. The smallest absolute Gasteiger partial charge is 0.271 e. The van der Waals surface area contributed by atoms with Gasteiger partial charge in [-0.1, -0.05) is 23.7 Å². The van der Waals surface area contributed by atoms with E-state index in [0.29, 0.717) is 0 Å². The largest absolute Gasteiger partial charge is 0.481 e. The van der Waals surface area contributed by atoms with Crippen LogP contribution in [0, 0.1) is 10.1 Å². The van der Waals surface area contributed by atoms with Crippen molar-refractivity contribution in [2.45, 2.75) is 38.7 Å². The third-order valence-electron chi connectivity index (χ3n) is 4.44. The Labute approximate surface area is 156 Å². The minimum absolute atomic E-state index is 0.143. The van der Waals surface area contributed by atoms with E-state index < -0.39 is 16.9 Å². The number of aryl methyl sites for hydroxylation is 1. The average Bonchev–Trinajstić information content (AvgIpc) is 2.63. The number of nitro benzene ring substituents is 1. The van der Waals surface area contributed by atoms with Gasteiger partial charge in [0.1, 0.15) is 5.75 Å². The monoisotopic (exact) mass is 374 g/mol. The van der Waals surface area contributed by atoms with Gasteiger partial charge in [-0.15, -0.1) is 0 Å². The topological polar surface area (TPSA) is 81.5 Å². The minimum Gasteiger partial charge on any atom is -0.481 e. The van der Waals surface area contributed by atoms with Gasteiger partial charge in [0.2, 0.25) is 0 Å². The zero-order valence-electron chi connectivity index (χ0n) is 14.3. The maximum Gasteiger partial charge on any atom is 0.271 e. The number of hydrogen-bond donors (Lipinski definition) is 1. The first-order valence-corrected chi connectivity index (χ1v) is 8.85. The maximum absolute atomic E-state index is 12.5. The number of non-ortho nitro benzene ring substituents is 1. The number of nitrogens with one attached hydrogen (secondary N) is 1.